The van der Waals surface area contributed by atoms with Gasteiger partial charge in [-0.1, -0.05) is 78.9 Å². The molecule has 0 N–H and O–H groups in total. The number of nitrogens with zero attached hydrogens (tertiary/aromatic N) is 2. The maximum atomic E-state index is 6.53. The summed E-state index contributed by atoms with van der Waals surface area (Å²) >= 11 is 0. The number of aromatic nitrogens is 2. The van der Waals surface area contributed by atoms with Crippen LogP contribution in [0.3, 0.4) is 0 Å². The molecule has 3 heteroatoms. The quantitative estimate of drug-likeness (QED) is 0.258. The topological polar surface area (TPSA) is 31.0 Å². The van der Waals surface area contributed by atoms with Gasteiger partial charge in [0.2, 0.25) is 0 Å². The maximum Gasteiger partial charge on any atom is 0.160 e. The summed E-state index contributed by atoms with van der Waals surface area (Å²) in [7, 11) is 0. The Kier molecular flexibility index (Phi) is 3.94. The lowest BCUT2D eigenvalue weighted by molar-refractivity contribution is 0.671. The lowest BCUT2D eigenvalue weighted by atomic mass is 9.98. The van der Waals surface area contributed by atoms with Crippen LogP contribution in [0.1, 0.15) is 0 Å². The molecule has 168 valence electrons. The van der Waals surface area contributed by atoms with Crippen LogP contribution in [-0.2, 0) is 0 Å². The number of pyridine rings is 1. The van der Waals surface area contributed by atoms with Gasteiger partial charge in [0.25, 0.3) is 0 Å². The van der Waals surface area contributed by atoms with E-state index in [0.29, 0.717) is 0 Å². The van der Waals surface area contributed by atoms with Gasteiger partial charge < -0.3 is 8.98 Å². The summed E-state index contributed by atoms with van der Waals surface area (Å²) in [6.45, 7) is 0. The summed E-state index contributed by atoms with van der Waals surface area (Å²) in [4.78, 5) is 4.50. The van der Waals surface area contributed by atoms with Crippen molar-refractivity contribution in [2.24, 2.45) is 0 Å². The minimum absolute atomic E-state index is 0.908. The van der Waals surface area contributed by atoms with Crippen molar-refractivity contribution >= 4 is 54.5 Å². The molecule has 0 amide bonds. The van der Waals surface area contributed by atoms with Crippen molar-refractivity contribution in [1.29, 1.82) is 0 Å². The highest BCUT2D eigenvalue weighted by molar-refractivity contribution is 6.22. The van der Waals surface area contributed by atoms with Crippen molar-refractivity contribution < 1.29 is 4.42 Å². The average molecular weight is 461 g/mol. The van der Waals surface area contributed by atoms with E-state index in [1.54, 1.807) is 0 Å². The van der Waals surface area contributed by atoms with E-state index in [1.165, 1.54) is 21.9 Å². The molecule has 36 heavy (non-hydrogen) atoms. The van der Waals surface area contributed by atoms with Crippen molar-refractivity contribution in [3.63, 3.8) is 0 Å². The minimum atomic E-state index is 0.908. The molecule has 0 aliphatic rings. The van der Waals surface area contributed by atoms with Crippen molar-refractivity contribution in [3.05, 3.63) is 122 Å². The molecule has 0 aliphatic carbocycles. The Bertz CT molecular complexity index is 2100. The summed E-state index contributed by atoms with van der Waals surface area (Å²) in [5.74, 6) is 0. The first-order valence-corrected chi connectivity index (χ1v) is 12.1. The third-order valence-corrected chi connectivity index (χ3v) is 7.30. The molecule has 0 spiro atoms. The largest absolute Gasteiger partial charge is 0.454 e. The van der Waals surface area contributed by atoms with E-state index in [1.807, 2.05) is 24.5 Å². The fraction of sp³-hybridized carbons (Fsp3) is 0. The molecular formula is C33H20N2O. The normalized spacial score (nSPS) is 11.9. The van der Waals surface area contributed by atoms with Gasteiger partial charge in [-0.3, -0.25) is 4.98 Å². The van der Waals surface area contributed by atoms with Gasteiger partial charge in [-0.2, -0.15) is 0 Å². The number of fused-ring (bicyclic) bond motifs is 8. The van der Waals surface area contributed by atoms with E-state index >= 15 is 0 Å². The molecule has 8 aromatic rings. The maximum absolute atomic E-state index is 6.53. The Balaban J connectivity index is 1.56. The monoisotopic (exact) mass is 460 g/mol. The fourth-order valence-electron chi connectivity index (χ4n) is 5.72. The summed E-state index contributed by atoms with van der Waals surface area (Å²) in [5, 5.41) is 6.95. The van der Waals surface area contributed by atoms with Gasteiger partial charge in [0.05, 0.1) is 16.7 Å². The Labute approximate surface area is 206 Å². The zero-order chi connectivity index (χ0) is 23.6. The summed E-state index contributed by atoms with van der Waals surface area (Å²) in [6.07, 6.45) is 3.86. The molecule has 0 saturated carbocycles. The van der Waals surface area contributed by atoms with Crippen LogP contribution in [0.25, 0.3) is 71.3 Å². The van der Waals surface area contributed by atoms with Crippen LogP contribution in [0, 0.1) is 0 Å². The van der Waals surface area contributed by atoms with Crippen LogP contribution in [0.4, 0.5) is 0 Å². The molecule has 3 nitrogen and oxygen atoms in total. The van der Waals surface area contributed by atoms with Gasteiger partial charge in [-0.25, -0.2) is 0 Å². The Morgan fingerprint density at radius 3 is 2.25 bits per heavy atom. The van der Waals surface area contributed by atoms with Gasteiger partial charge in [0, 0.05) is 44.7 Å². The molecule has 8 rings (SSSR count). The number of para-hydroxylation sites is 2. The number of hydrogen-bond acceptors (Lipinski definition) is 2. The minimum Gasteiger partial charge on any atom is -0.454 e. The predicted octanol–water partition coefficient (Wildman–Crippen LogP) is 8.90. The molecule has 3 aromatic heterocycles. The first-order chi connectivity index (χ1) is 17.9. The van der Waals surface area contributed by atoms with E-state index in [4.69, 9.17) is 4.42 Å². The standard InChI is InChI=1S/C33H20N2O/c1-2-8-21(9-3-1)22-16-17-30(24-18-19-34-20-28(22)24)35-29-12-6-4-10-23(29)26-14-15-27-25-11-5-7-13-31(25)36-33(27)32(26)35/h1-20H. The molecular weight excluding hydrogens is 440 g/mol. The molecule has 0 atom stereocenters. The third-order valence-electron chi connectivity index (χ3n) is 7.30. The molecule has 0 unspecified atom stereocenters. The summed E-state index contributed by atoms with van der Waals surface area (Å²) in [5.41, 5.74) is 7.55. The second-order valence-corrected chi connectivity index (χ2v) is 9.21. The van der Waals surface area contributed by atoms with E-state index < -0.39 is 0 Å². The van der Waals surface area contributed by atoms with Gasteiger partial charge in [0.15, 0.2) is 5.58 Å². The van der Waals surface area contributed by atoms with Crippen molar-refractivity contribution in [2.75, 3.05) is 0 Å². The predicted molar refractivity (Wildman–Crippen MR) is 149 cm³/mol. The van der Waals surface area contributed by atoms with Crippen LogP contribution < -0.4 is 0 Å². The van der Waals surface area contributed by atoms with Crippen LogP contribution in [0.15, 0.2) is 126 Å². The van der Waals surface area contributed by atoms with E-state index in [2.05, 4.69) is 107 Å². The van der Waals surface area contributed by atoms with Gasteiger partial charge >= 0.3 is 0 Å². The van der Waals surface area contributed by atoms with Crippen LogP contribution >= 0.6 is 0 Å². The van der Waals surface area contributed by atoms with Gasteiger partial charge in [-0.15, -0.1) is 0 Å². The lowest BCUT2D eigenvalue weighted by Gasteiger charge is -2.14. The van der Waals surface area contributed by atoms with Crippen LogP contribution in [0.5, 0.6) is 0 Å². The highest BCUT2D eigenvalue weighted by atomic mass is 16.3. The zero-order valence-corrected chi connectivity index (χ0v) is 19.3. The molecule has 3 heterocycles. The highest BCUT2D eigenvalue weighted by Gasteiger charge is 2.20. The van der Waals surface area contributed by atoms with Gasteiger partial charge in [-0.05, 0) is 41.5 Å². The Morgan fingerprint density at radius 2 is 1.33 bits per heavy atom. The number of rotatable bonds is 2. The lowest BCUT2D eigenvalue weighted by Crippen LogP contribution is -1.97. The van der Waals surface area contributed by atoms with Crippen LogP contribution in [0.2, 0.25) is 0 Å². The fourth-order valence-corrected chi connectivity index (χ4v) is 5.72. The van der Waals surface area contributed by atoms with Crippen molar-refractivity contribution in [2.45, 2.75) is 0 Å². The smallest absolute Gasteiger partial charge is 0.160 e. The molecule has 0 fully saturated rings. The van der Waals surface area contributed by atoms with E-state index in [-0.39, 0.29) is 0 Å². The van der Waals surface area contributed by atoms with Crippen LogP contribution in [-0.4, -0.2) is 9.55 Å². The Hall–Kier alpha value is -4.89. The van der Waals surface area contributed by atoms with E-state index in [0.717, 1.165) is 49.4 Å². The Morgan fingerprint density at radius 1 is 0.556 bits per heavy atom. The highest BCUT2D eigenvalue weighted by Crippen LogP contribution is 2.42. The van der Waals surface area contributed by atoms with E-state index in [9.17, 15) is 0 Å². The molecule has 0 radical (unpaired) electrons. The number of benzene rings is 5. The first kappa shape index (κ1) is 19.4. The first-order valence-electron chi connectivity index (χ1n) is 12.1. The SMILES string of the molecule is c1ccc(-c2ccc(-n3c4ccccc4c4ccc5c6ccccc6oc5c43)c3ccncc23)cc1. The number of furan rings is 1. The van der Waals surface area contributed by atoms with Crippen molar-refractivity contribution in [1.82, 2.24) is 9.55 Å². The number of hydrogen-bond donors (Lipinski definition) is 0. The second kappa shape index (κ2) is 7.30. The summed E-state index contributed by atoms with van der Waals surface area (Å²) < 4.78 is 8.90. The zero-order valence-electron chi connectivity index (χ0n) is 19.3. The third kappa shape index (κ3) is 2.60. The van der Waals surface area contributed by atoms with Crippen molar-refractivity contribution in [3.8, 4) is 16.8 Å². The molecule has 0 saturated heterocycles. The average Bonchev–Trinajstić information content (AvgIpc) is 3.49. The second-order valence-electron chi connectivity index (χ2n) is 9.21. The summed E-state index contributed by atoms with van der Waals surface area (Å²) in [6, 6.07) is 38.4. The molecule has 0 bridgehead atoms. The molecule has 5 aromatic carbocycles. The van der Waals surface area contributed by atoms with Gasteiger partial charge in [0.1, 0.15) is 5.58 Å². The molecule has 0 aliphatic heterocycles.